The summed E-state index contributed by atoms with van der Waals surface area (Å²) in [6, 6.07) is 5.30. The number of esters is 1. The van der Waals surface area contributed by atoms with Crippen LogP contribution < -0.4 is 4.74 Å². The highest BCUT2D eigenvalue weighted by Gasteiger charge is 2.13. The molecule has 0 radical (unpaired) electrons. The molecule has 1 rings (SSSR count). The Morgan fingerprint density at radius 1 is 1.05 bits per heavy atom. The van der Waals surface area contributed by atoms with E-state index in [-0.39, 0.29) is 12.6 Å². The van der Waals surface area contributed by atoms with Crippen LogP contribution in [-0.2, 0) is 4.74 Å². The molecule has 0 aliphatic carbocycles. The lowest BCUT2D eigenvalue weighted by atomic mass is 10.1. The Bertz CT molecular complexity index is 594. The number of carbonyl (C=O) groups excluding carboxylic acids is 1. The molecule has 21 heavy (non-hydrogen) atoms. The van der Waals surface area contributed by atoms with Gasteiger partial charge in [0.15, 0.2) is 6.61 Å². The number of ether oxygens (including phenoxy) is 2. The van der Waals surface area contributed by atoms with Crippen molar-refractivity contribution in [1.29, 1.82) is 0 Å². The van der Waals surface area contributed by atoms with Gasteiger partial charge in [0.25, 0.3) is 0 Å². The number of benzene rings is 1. The lowest BCUT2D eigenvalue weighted by molar-refractivity contribution is 0.0555. The average molecular weight is 284 g/mol. The first-order valence-electron chi connectivity index (χ1n) is 7.01. The van der Waals surface area contributed by atoms with Gasteiger partial charge in [0, 0.05) is 18.4 Å². The maximum absolute atomic E-state index is 12.0. The fraction of sp³-hybridized carbons (Fsp3) is 0.389. The summed E-state index contributed by atoms with van der Waals surface area (Å²) in [5.74, 6) is 11.7. The van der Waals surface area contributed by atoms with E-state index < -0.39 is 0 Å². The minimum absolute atomic E-state index is 0.110. The van der Waals surface area contributed by atoms with Gasteiger partial charge in [-0.1, -0.05) is 31.8 Å². The molecule has 0 unspecified atom stereocenters. The first-order valence-corrected chi connectivity index (χ1v) is 7.01. The van der Waals surface area contributed by atoms with E-state index in [1.165, 1.54) is 0 Å². The first-order chi connectivity index (χ1) is 10.2. The van der Waals surface area contributed by atoms with E-state index in [4.69, 9.17) is 9.47 Å². The van der Waals surface area contributed by atoms with Crippen LogP contribution in [0, 0.1) is 30.6 Å². The highest BCUT2D eigenvalue weighted by Crippen LogP contribution is 2.21. The van der Waals surface area contributed by atoms with Gasteiger partial charge in [0.05, 0.1) is 5.56 Å². The van der Waals surface area contributed by atoms with E-state index in [9.17, 15) is 4.79 Å². The van der Waals surface area contributed by atoms with Crippen molar-refractivity contribution in [2.24, 2.45) is 0 Å². The minimum atomic E-state index is -0.386. The van der Waals surface area contributed by atoms with Gasteiger partial charge in [0.1, 0.15) is 12.4 Å². The Morgan fingerprint density at radius 3 is 2.38 bits per heavy atom. The van der Waals surface area contributed by atoms with Gasteiger partial charge >= 0.3 is 5.97 Å². The van der Waals surface area contributed by atoms with Crippen LogP contribution in [0.5, 0.6) is 5.75 Å². The third-order valence-corrected chi connectivity index (χ3v) is 2.68. The molecule has 0 saturated heterocycles. The summed E-state index contributed by atoms with van der Waals surface area (Å²) >= 11 is 0. The molecule has 0 aliphatic heterocycles. The van der Waals surface area contributed by atoms with Crippen molar-refractivity contribution in [3.8, 4) is 29.4 Å². The molecule has 0 atom stereocenters. The standard InChI is InChI=1S/C18H20O3/c1-4-6-8-13-20-17-12-10-11-16(15(17)3)18(19)21-14-9-7-5-2/h10-12H,4-5,13-14H2,1-3H3. The van der Waals surface area contributed by atoms with Crippen LogP contribution in [0.3, 0.4) is 0 Å². The molecule has 1 aromatic rings. The third-order valence-electron chi connectivity index (χ3n) is 2.68. The van der Waals surface area contributed by atoms with E-state index >= 15 is 0 Å². The maximum Gasteiger partial charge on any atom is 0.339 e. The molecular weight excluding hydrogens is 264 g/mol. The quantitative estimate of drug-likeness (QED) is 0.628. The Morgan fingerprint density at radius 2 is 1.71 bits per heavy atom. The Labute approximate surface area is 126 Å². The fourth-order valence-corrected chi connectivity index (χ4v) is 1.64. The van der Waals surface area contributed by atoms with Crippen molar-refractivity contribution in [2.75, 3.05) is 13.2 Å². The average Bonchev–Trinajstić information content (AvgIpc) is 2.49. The summed E-state index contributed by atoms with van der Waals surface area (Å²) in [5, 5.41) is 0. The number of hydrogen-bond donors (Lipinski definition) is 0. The molecule has 3 nitrogen and oxygen atoms in total. The molecule has 0 heterocycles. The topological polar surface area (TPSA) is 35.5 Å². The Hall–Kier alpha value is -2.39. The summed E-state index contributed by atoms with van der Waals surface area (Å²) in [7, 11) is 0. The summed E-state index contributed by atoms with van der Waals surface area (Å²) in [4.78, 5) is 12.0. The Balaban J connectivity index is 2.72. The van der Waals surface area contributed by atoms with Gasteiger partial charge in [-0.05, 0) is 19.1 Å². The molecule has 0 bridgehead atoms. The molecule has 1 aromatic carbocycles. The predicted octanol–water partition coefficient (Wildman–Crippen LogP) is 3.36. The van der Waals surface area contributed by atoms with Crippen LogP contribution >= 0.6 is 0 Å². The van der Waals surface area contributed by atoms with Gasteiger partial charge in [-0.15, -0.1) is 11.8 Å². The first kappa shape index (κ1) is 16.7. The van der Waals surface area contributed by atoms with Gasteiger partial charge in [-0.25, -0.2) is 4.79 Å². The van der Waals surface area contributed by atoms with Crippen LogP contribution in [0.2, 0.25) is 0 Å². The van der Waals surface area contributed by atoms with Crippen molar-refractivity contribution in [3.63, 3.8) is 0 Å². The van der Waals surface area contributed by atoms with Gasteiger partial charge in [-0.3, -0.25) is 0 Å². The van der Waals surface area contributed by atoms with E-state index in [2.05, 4.69) is 23.7 Å². The zero-order valence-electron chi connectivity index (χ0n) is 12.8. The van der Waals surface area contributed by atoms with Crippen molar-refractivity contribution >= 4 is 5.97 Å². The number of rotatable bonds is 4. The molecule has 0 aliphatic rings. The highest BCUT2D eigenvalue weighted by molar-refractivity contribution is 5.91. The molecule has 0 saturated carbocycles. The van der Waals surface area contributed by atoms with Crippen LogP contribution in [0.1, 0.15) is 42.6 Å². The molecule has 0 N–H and O–H groups in total. The van der Waals surface area contributed by atoms with E-state index in [0.29, 0.717) is 17.9 Å². The van der Waals surface area contributed by atoms with Crippen molar-refractivity contribution in [2.45, 2.75) is 33.6 Å². The van der Waals surface area contributed by atoms with Gasteiger partial charge in [0.2, 0.25) is 0 Å². The van der Waals surface area contributed by atoms with Crippen molar-refractivity contribution in [1.82, 2.24) is 0 Å². The summed E-state index contributed by atoms with van der Waals surface area (Å²) in [6.45, 7) is 6.18. The molecular formula is C18H20O3. The summed E-state index contributed by atoms with van der Waals surface area (Å²) in [6.07, 6.45) is 1.55. The smallest absolute Gasteiger partial charge is 0.339 e. The summed E-state index contributed by atoms with van der Waals surface area (Å²) in [5.41, 5.74) is 1.25. The normalized spacial score (nSPS) is 8.90. The second kappa shape index (κ2) is 9.50. The predicted molar refractivity (Wildman–Crippen MR) is 83.1 cm³/mol. The summed E-state index contributed by atoms with van der Waals surface area (Å²) < 4.78 is 10.7. The van der Waals surface area contributed by atoms with Crippen molar-refractivity contribution in [3.05, 3.63) is 29.3 Å². The lowest BCUT2D eigenvalue weighted by Gasteiger charge is -2.10. The molecule has 0 aromatic heterocycles. The number of carbonyl (C=O) groups is 1. The lowest BCUT2D eigenvalue weighted by Crippen LogP contribution is -2.08. The number of hydrogen-bond acceptors (Lipinski definition) is 3. The second-order valence-corrected chi connectivity index (χ2v) is 4.21. The molecule has 0 spiro atoms. The minimum Gasteiger partial charge on any atom is -0.481 e. The SMILES string of the molecule is CCC#CCOC(=O)c1cccc(OCC#CCC)c1C. The van der Waals surface area contributed by atoms with Crippen molar-refractivity contribution < 1.29 is 14.3 Å². The van der Waals surface area contributed by atoms with E-state index in [1.807, 2.05) is 26.8 Å². The maximum atomic E-state index is 12.0. The molecule has 0 fully saturated rings. The third kappa shape index (κ3) is 5.63. The second-order valence-electron chi connectivity index (χ2n) is 4.21. The van der Waals surface area contributed by atoms with E-state index in [0.717, 1.165) is 18.4 Å². The molecule has 110 valence electrons. The molecule has 0 amide bonds. The van der Waals surface area contributed by atoms with Gasteiger partial charge < -0.3 is 9.47 Å². The fourth-order valence-electron chi connectivity index (χ4n) is 1.64. The largest absolute Gasteiger partial charge is 0.481 e. The zero-order chi connectivity index (χ0) is 15.5. The van der Waals surface area contributed by atoms with Crippen LogP contribution in [0.25, 0.3) is 0 Å². The Kier molecular flexibility index (Phi) is 7.54. The van der Waals surface area contributed by atoms with Crippen LogP contribution in [-0.4, -0.2) is 19.2 Å². The van der Waals surface area contributed by atoms with Gasteiger partial charge in [-0.2, -0.15) is 0 Å². The zero-order valence-corrected chi connectivity index (χ0v) is 12.8. The van der Waals surface area contributed by atoms with E-state index in [1.54, 1.807) is 12.1 Å². The van der Waals surface area contributed by atoms with Crippen LogP contribution in [0.15, 0.2) is 18.2 Å². The molecule has 3 heteroatoms. The monoisotopic (exact) mass is 284 g/mol. The van der Waals surface area contributed by atoms with Crippen LogP contribution in [0.4, 0.5) is 0 Å². The highest BCUT2D eigenvalue weighted by atomic mass is 16.5.